The third-order valence-corrected chi connectivity index (χ3v) is 2.55. The molecule has 5 heteroatoms. The molecule has 1 rings (SSSR count). The number of thiazole rings is 1. The second-order valence-electron chi connectivity index (χ2n) is 2.04. The van der Waals surface area contributed by atoms with Crippen molar-refractivity contribution >= 4 is 39.1 Å². The molecule has 0 fully saturated rings. The standard InChI is InChI=1S/C8H8BrN3S/c1-3-4-7(10-2)12-8-11-5-6(9)13-8/h3-5H,1-2H2,(H,11,12)/b7-4+. The van der Waals surface area contributed by atoms with E-state index < -0.39 is 0 Å². The Balaban J connectivity index is 2.72. The number of nitrogens with one attached hydrogen (secondary N) is 1. The van der Waals surface area contributed by atoms with E-state index in [0.717, 1.165) is 8.92 Å². The summed E-state index contributed by atoms with van der Waals surface area (Å²) in [6, 6.07) is 0. The molecule has 3 nitrogen and oxygen atoms in total. The van der Waals surface area contributed by atoms with Gasteiger partial charge in [-0.25, -0.2) is 9.98 Å². The third-order valence-electron chi connectivity index (χ3n) is 1.16. The largest absolute Gasteiger partial charge is 0.316 e. The molecule has 0 aromatic carbocycles. The average Bonchev–Trinajstić information content (AvgIpc) is 2.50. The number of hydrogen-bond acceptors (Lipinski definition) is 4. The van der Waals surface area contributed by atoms with Crippen LogP contribution in [-0.4, -0.2) is 11.7 Å². The third kappa shape index (κ3) is 3.12. The van der Waals surface area contributed by atoms with Gasteiger partial charge in [-0.2, -0.15) is 0 Å². The second-order valence-corrected chi connectivity index (χ2v) is 4.45. The van der Waals surface area contributed by atoms with Crippen LogP contribution in [0.3, 0.4) is 0 Å². The maximum Gasteiger partial charge on any atom is 0.189 e. The molecule has 0 spiro atoms. The average molecular weight is 258 g/mol. The summed E-state index contributed by atoms with van der Waals surface area (Å²) in [5.74, 6) is 0.636. The zero-order valence-corrected chi connectivity index (χ0v) is 9.23. The van der Waals surface area contributed by atoms with Gasteiger partial charge in [0.05, 0.1) is 9.98 Å². The quantitative estimate of drug-likeness (QED) is 0.665. The van der Waals surface area contributed by atoms with Crippen LogP contribution in [0.1, 0.15) is 0 Å². The van der Waals surface area contributed by atoms with Crippen LogP contribution >= 0.6 is 27.3 Å². The van der Waals surface area contributed by atoms with Gasteiger partial charge in [-0.05, 0) is 28.7 Å². The van der Waals surface area contributed by atoms with Crippen molar-refractivity contribution in [3.8, 4) is 0 Å². The topological polar surface area (TPSA) is 37.3 Å². The number of rotatable bonds is 4. The molecule has 13 heavy (non-hydrogen) atoms. The summed E-state index contributed by atoms with van der Waals surface area (Å²) in [5, 5.41) is 3.76. The predicted octanol–water partition coefficient (Wildman–Crippen LogP) is 3.05. The lowest BCUT2D eigenvalue weighted by atomic mass is 10.5. The van der Waals surface area contributed by atoms with E-state index in [2.05, 4.69) is 44.5 Å². The molecule has 0 saturated carbocycles. The molecule has 1 N–H and O–H groups in total. The fourth-order valence-electron chi connectivity index (χ4n) is 0.667. The number of nitrogens with zero attached hydrogens (tertiary/aromatic N) is 2. The monoisotopic (exact) mass is 257 g/mol. The molecule has 0 radical (unpaired) electrons. The van der Waals surface area contributed by atoms with Crippen LogP contribution in [0.2, 0.25) is 0 Å². The summed E-state index contributed by atoms with van der Waals surface area (Å²) < 4.78 is 0.969. The Hall–Kier alpha value is -0.940. The lowest BCUT2D eigenvalue weighted by Crippen LogP contribution is -1.94. The number of aliphatic imine (C=N–C) groups is 1. The molecule has 1 aromatic heterocycles. The Kier molecular flexibility index (Phi) is 3.85. The molecule has 0 bridgehead atoms. The Morgan fingerprint density at radius 2 is 2.54 bits per heavy atom. The smallest absolute Gasteiger partial charge is 0.189 e. The first-order chi connectivity index (χ1) is 6.26. The van der Waals surface area contributed by atoms with Gasteiger partial charge in [-0.3, -0.25) is 0 Å². The Labute approximate surface area is 89.0 Å². The summed E-state index contributed by atoms with van der Waals surface area (Å²) in [6.45, 7) is 6.98. The zero-order chi connectivity index (χ0) is 9.68. The number of allylic oxidation sites excluding steroid dienone is 2. The van der Waals surface area contributed by atoms with E-state index in [1.54, 1.807) is 18.3 Å². The Bertz CT molecular complexity index is 343. The van der Waals surface area contributed by atoms with Crippen molar-refractivity contribution in [3.05, 3.63) is 34.5 Å². The van der Waals surface area contributed by atoms with Crippen LogP contribution < -0.4 is 5.32 Å². The number of aromatic nitrogens is 1. The first-order valence-electron chi connectivity index (χ1n) is 3.44. The molecule has 0 aliphatic heterocycles. The minimum atomic E-state index is 0.636. The summed E-state index contributed by atoms with van der Waals surface area (Å²) >= 11 is 4.80. The van der Waals surface area contributed by atoms with E-state index in [0.29, 0.717) is 5.82 Å². The van der Waals surface area contributed by atoms with Gasteiger partial charge in [-0.1, -0.05) is 24.0 Å². The highest BCUT2D eigenvalue weighted by Crippen LogP contribution is 2.24. The van der Waals surface area contributed by atoms with Gasteiger partial charge in [-0.15, -0.1) is 0 Å². The summed E-state index contributed by atoms with van der Waals surface area (Å²) in [7, 11) is 0. The van der Waals surface area contributed by atoms with Gasteiger partial charge < -0.3 is 5.32 Å². The predicted molar refractivity (Wildman–Crippen MR) is 61.3 cm³/mol. The number of anilines is 1. The molecule has 68 valence electrons. The van der Waals surface area contributed by atoms with Crippen molar-refractivity contribution in [3.63, 3.8) is 0 Å². The van der Waals surface area contributed by atoms with E-state index in [9.17, 15) is 0 Å². The highest BCUT2D eigenvalue weighted by Gasteiger charge is 1.99. The minimum absolute atomic E-state index is 0.636. The summed E-state index contributed by atoms with van der Waals surface area (Å²) in [6.07, 6.45) is 5.09. The number of halogens is 1. The van der Waals surface area contributed by atoms with Crippen LogP contribution in [0.4, 0.5) is 5.13 Å². The van der Waals surface area contributed by atoms with Crippen molar-refractivity contribution in [2.75, 3.05) is 5.32 Å². The van der Waals surface area contributed by atoms with Gasteiger partial charge in [0.2, 0.25) is 0 Å². The molecule has 0 saturated heterocycles. The van der Waals surface area contributed by atoms with Crippen LogP contribution in [0, 0.1) is 0 Å². The fraction of sp³-hybridized carbons (Fsp3) is 0. The SMILES string of the molecule is C=C/C=C(\N=C)Nc1ncc(Br)s1. The van der Waals surface area contributed by atoms with Gasteiger partial charge in [0.15, 0.2) is 5.13 Å². The fourth-order valence-corrected chi connectivity index (χ4v) is 1.78. The van der Waals surface area contributed by atoms with Gasteiger partial charge in [0, 0.05) is 0 Å². The lowest BCUT2D eigenvalue weighted by Gasteiger charge is -1.99. The Morgan fingerprint density at radius 3 is 3.00 bits per heavy atom. The van der Waals surface area contributed by atoms with Crippen LogP contribution in [0.5, 0.6) is 0 Å². The first-order valence-corrected chi connectivity index (χ1v) is 5.05. The maximum atomic E-state index is 4.08. The van der Waals surface area contributed by atoms with Crippen LogP contribution in [0.25, 0.3) is 0 Å². The summed E-state index contributed by atoms with van der Waals surface area (Å²) in [5.41, 5.74) is 0. The molecule has 1 aromatic rings. The number of hydrogen-bond donors (Lipinski definition) is 1. The first kappa shape index (κ1) is 10.1. The van der Waals surface area contributed by atoms with Crippen LogP contribution in [0.15, 0.2) is 39.5 Å². The van der Waals surface area contributed by atoms with Crippen molar-refractivity contribution in [2.45, 2.75) is 0 Å². The summed E-state index contributed by atoms with van der Waals surface area (Å²) in [4.78, 5) is 7.85. The van der Waals surface area contributed by atoms with E-state index in [-0.39, 0.29) is 0 Å². The molecule has 0 amide bonds. The van der Waals surface area contributed by atoms with Gasteiger partial charge in [0.25, 0.3) is 0 Å². The second kappa shape index (κ2) is 4.94. The van der Waals surface area contributed by atoms with Gasteiger partial charge >= 0.3 is 0 Å². The lowest BCUT2D eigenvalue weighted by molar-refractivity contribution is 1.28. The van der Waals surface area contributed by atoms with E-state index in [1.165, 1.54) is 11.3 Å². The highest BCUT2D eigenvalue weighted by atomic mass is 79.9. The molecule has 0 unspecified atom stereocenters. The minimum Gasteiger partial charge on any atom is -0.316 e. The van der Waals surface area contributed by atoms with Crippen LogP contribution in [-0.2, 0) is 0 Å². The molecular weight excluding hydrogens is 250 g/mol. The van der Waals surface area contributed by atoms with Gasteiger partial charge in [0.1, 0.15) is 5.82 Å². The van der Waals surface area contributed by atoms with Crippen molar-refractivity contribution in [2.24, 2.45) is 4.99 Å². The molecule has 1 heterocycles. The van der Waals surface area contributed by atoms with E-state index in [4.69, 9.17) is 0 Å². The zero-order valence-electron chi connectivity index (χ0n) is 6.83. The normalized spacial score (nSPS) is 11.0. The molecule has 0 aliphatic rings. The molecule has 0 atom stereocenters. The molecule has 0 aliphatic carbocycles. The molecular formula is C8H8BrN3S. The maximum absolute atomic E-state index is 4.08. The van der Waals surface area contributed by atoms with Crippen molar-refractivity contribution in [1.29, 1.82) is 0 Å². The highest BCUT2D eigenvalue weighted by molar-refractivity contribution is 9.11. The van der Waals surface area contributed by atoms with E-state index in [1.807, 2.05) is 0 Å². The van der Waals surface area contributed by atoms with Crippen molar-refractivity contribution < 1.29 is 0 Å². The Morgan fingerprint density at radius 1 is 1.77 bits per heavy atom. The van der Waals surface area contributed by atoms with E-state index >= 15 is 0 Å². The van der Waals surface area contributed by atoms with Crippen molar-refractivity contribution in [1.82, 2.24) is 4.98 Å².